The minimum atomic E-state index is -0.318. The van der Waals surface area contributed by atoms with E-state index in [2.05, 4.69) is 10.1 Å². The summed E-state index contributed by atoms with van der Waals surface area (Å²) in [6, 6.07) is 0. The number of ether oxygens (including phenoxy) is 1. The SMILES string of the molecule is CC(C)(C)OC=O.O=CC1(CCl)CCNCC1. The fraction of sp³-hybridized carbons (Fsp3) is 0.833. The van der Waals surface area contributed by atoms with Crippen LogP contribution in [0.1, 0.15) is 33.6 Å². The van der Waals surface area contributed by atoms with Gasteiger partial charge in [0, 0.05) is 11.3 Å². The maximum absolute atomic E-state index is 10.6. The molecule has 0 amide bonds. The first-order valence-corrected chi connectivity index (χ1v) is 6.27. The second-order valence-corrected chi connectivity index (χ2v) is 5.46. The normalized spacial score (nSPS) is 18.6. The summed E-state index contributed by atoms with van der Waals surface area (Å²) in [5.74, 6) is 0.470. The third-order valence-electron chi connectivity index (χ3n) is 2.52. The third-order valence-corrected chi connectivity index (χ3v) is 3.05. The van der Waals surface area contributed by atoms with E-state index in [0.717, 1.165) is 32.2 Å². The lowest BCUT2D eigenvalue weighted by molar-refractivity contribution is -0.138. The highest BCUT2D eigenvalue weighted by molar-refractivity contribution is 6.19. The van der Waals surface area contributed by atoms with Crippen LogP contribution in [0.4, 0.5) is 0 Å². The molecule has 4 nitrogen and oxygen atoms in total. The molecule has 1 N–H and O–H groups in total. The largest absolute Gasteiger partial charge is 0.462 e. The Morgan fingerprint density at radius 3 is 2.00 bits per heavy atom. The minimum absolute atomic E-state index is 0.215. The molecule has 0 bridgehead atoms. The lowest BCUT2D eigenvalue weighted by Gasteiger charge is -2.29. The molecule has 1 aliphatic heterocycles. The molecule has 100 valence electrons. The van der Waals surface area contributed by atoms with E-state index in [0.29, 0.717) is 12.4 Å². The van der Waals surface area contributed by atoms with Crippen molar-refractivity contribution in [1.29, 1.82) is 0 Å². The number of hydrogen-bond donors (Lipinski definition) is 1. The molecule has 1 heterocycles. The van der Waals surface area contributed by atoms with Crippen molar-refractivity contribution < 1.29 is 14.3 Å². The summed E-state index contributed by atoms with van der Waals surface area (Å²) in [7, 11) is 0. The molecule has 17 heavy (non-hydrogen) atoms. The number of aldehydes is 1. The summed E-state index contributed by atoms with van der Waals surface area (Å²) in [6.45, 7) is 7.76. The zero-order chi connectivity index (χ0) is 13.4. The van der Waals surface area contributed by atoms with Crippen LogP contribution in [0.5, 0.6) is 0 Å². The van der Waals surface area contributed by atoms with Gasteiger partial charge in [-0.3, -0.25) is 4.79 Å². The number of alkyl halides is 1. The van der Waals surface area contributed by atoms with Gasteiger partial charge < -0.3 is 14.8 Å². The highest BCUT2D eigenvalue weighted by Gasteiger charge is 2.30. The number of carbonyl (C=O) groups excluding carboxylic acids is 2. The molecule has 0 unspecified atom stereocenters. The van der Waals surface area contributed by atoms with Gasteiger partial charge >= 0.3 is 0 Å². The van der Waals surface area contributed by atoms with E-state index >= 15 is 0 Å². The quantitative estimate of drug-likeness (QED) is 0.623. The topological polar surface area (TPSA) is 55.4 Å². The molecule has 0 aromatic rings. The molecular weight excluding hydrogens is 242 g/mol. The van der Waals surface area contributed by atoms with Crippen molar-refractivity contribution in [3.63, 3.8) is 0 Å². The standard InChI is InChI=1S/C7H12ClNO.C5H10O2/c8-5-7(6-10)1-3-9-4-2-7;1-5(2,3)7-4-6/h6,9H,1-5H2;4H,1-3H3. The van der Waals surface area contributed by atoms with Crippen molar-refractivity contribution in [1.82, 2.24) is 5.32 Å². The molecule has 1 rings (SSSR count). The van der Waals surface area contributed by atoms with Crippen molar-refractivity contribution in [2.75, 3.05) is 19.0 Å². The maximum Gasteiger partial charge on any atom is 0.293 e. The Morgan fingerprint density at radius 2 is 1.82 bits per heavy atom. The van der Waals surface area contributed by atoms with Gasteiger partial charge in [0.25, 0.3) is 6.47 Å². The van der Waals surface area contributed by atoms with Crippen LogP contribution in [0.3, 0.4) is 0 Å². The first kappa shape index (κ1) is 16.4. The molecular formula is C12H22ClNO3. The Morgan fingerprint density at radius 1 is 1.29 bits per heavy atom. The van der Waals surface area contributed by atoms with Gasteiger partial charge in [0.2, 0.25) is 0 Å². The Balaban J connectivity index is 0.000000325. The van der Waals surface area contributed by atoms with Crippen molar-refractivity contribution >= 4 is 24.4 Å². The van der Waals surface area contributed by atoms with E-state index < -0.39 is 0 Å². The lowest BCUT2D eigenvalue weighted by atomic mass is 9.82. The number of nitrogens with one attached hydrogen (secondary N) is 1. The molecule has 1 aliphatic rings. The van der Waals surface area contributed by atoms with Gasteiger partial charge in [-0.2, -0.15) is 0 Å². The van der Waals surface area contributed by atoms with Crippen LogP contribution in [-0.4, -0.2) is 37.3 Å². The van der Waals surface area contributed by atoms with Crippen LogP contribution in [0, 0.1) is 5.41 Å². The zero-order valence-electron chi connectivity index (χ0n) is 10.8. The Hall–Kier alpha value is -0.610. The fourth-order valence-electron chi connectivity index (χ4n) is 1.35. The fourth-order valence-corrected chi connectivity index (χ4v) is 1.68. The monoisotopic (exact) mass is 263 g/mol. The number of rotatable bonds is 3. The predicted octanol–water partition coefficient (Wildman–Crippen LogP) is 1.75. The van der Waals surface area contributed by atoms with Crippen LogP contribution in [0.15, 0.2) is 0 Å². The lowest BCUT2D eigenvalue weighted by Crippen LogP contribution is -2.38. The van der Waals surface area contributed by atoms with Gasteiger partial charge in [0.15, 0.2) is 0 Å². The van der Waals surface area contributed by atoms with Crippen LogP contribution >= 0.6 is 11.6 Å². The molecule has 1 fully saturated rings. The number of piperidine rings is 1. The molecule has 0 aromatic heterocycles. The van der Waals surface area contributed by atoms with E-state index in [9.17, 15) is 9.59 Å². The summed E-state index contributed by atoms with van der Waals surface area (Å²) in [5.41, 5.74) is -0.533. The van der Waals surface area contributed by atoms with Crippen molar-refractivity contribution in [2.24, 2.45) is 5.41 Å². The van der Waals surface area contributed by atoms with E-state index in [1.165, 1.54) is 0 Å². The highest BCUT2D eigenvalue weighted by atomic mass is 35.5. The average molecular weight is 264 g/mol. The summed E-state index contributed by atoms with van der Waals surface area (Å²) >= 11 is 5.68. The molecule has 1 saturated heterocycles. The van der Waals surface area contributed by atoms with Crippen molar-refractivity contribution in [3.05, 3.63) is 0 Å². The van der Waals surface area contributed by atoms with Gasteiger partial charge in [-0.1, -0.05) is 0 Å². The Bertz CT molecular complexity index is 232. The number of halogens is 1. The highest BCUT2D eigenvalue weighted by Crippen LogP contribution is 2.27. The van der Waals surface area contributed by atoms with Gasteiger partial charge in [-0.25, -0.2) is 0 Å². The van der Waals surface area contributed by atoms with E-state index in [-0.39, 0.29) is 11.0 Å². The molecule has 5 heteroatoms. The smallest absolute Gasteiger partial charge is 0.293 e. The Kier molecular flexibility index (Phi) is 7.39. The maximum atomic E-state index is 10.6. The summed E-state index contributed by atoms with van der Waals surface area (Å²) in [4.78, 5) is 20.2. The number of carbonyl (C=O) groups is 2. The first-order chi connectivity index (χ1) is 7.89. The average Bonchev–Trinajstić information content (AvgIpc) is 2.29. The molecule has 0 aliphatic carbocycles. The summed E-state index contributed by atoms with van der Waals surface area (Å²) in [6.07, 6.45) is 2.79. The predicted molar refractivity (Wildman–Crippen MR) is 68.2 cm³/mol. The molecule has 0 radical (unpaired) electrons. The van der Waals surface area contributed by atoms with E-state index in [4.69, 9.17) is 11.6 Å². The van der Waals surface area contributed by atoms with Crippen molar-refractivity contribution in [3.8, 4) is 0 Å². The molecule has 0 saturated carbocycles. The van der Waals surface area contributed by atoms with Gasteiger partial charge in [0.1, 0.15) is 11.9 Å². The Labute approximate surface area is 108 Å². The van der Waals surface area contributed by atoms with E-state index in [1.54, 1.807) is 0 Å². The second-order valence-electron chi connectivity index (χ2n) is 5.19. The second kappa shape index (κ2) is 7.67. The molecule has 0 atom stereocenters. The third kappa shape index (κ3) is 7.34. The zero-order valence-corrected chi connectivity index (χ0v) is 11.5. The molecule has 0 spiro atoms. The van der Waals surface area contributed by atoms with Gasteiger partial charge in [-0.05, 0) is 46.7 Å². The van der Waals surface area contributed by atoms with Crippen LogP contribution in [0.2, 0.25) is 0 Å². The summed E-state index contributed by atoms with van der Waals surface area (Å²) < 4.78 is 4.55. The summed E-state index contributed by atoms with van der Waals surface area (Å²) in [5, 5.41) is 3.19. The van der Waals surface area contributed by atoms with Gasteiger partial charge in [-0.15, -0.1) is 11.6 Å². The number of hydrogen-bond acceptors (Lipinski definition) is 4. The molecule has 0 aromatic carbocycles. The van der Waals surface area contributed by atoms with Crippen LogP contribution in [0.25, 0.3) is 0 Å². The van der Waals surface area contributed by atoms with E-state index in [1.807, 2.05) is 20.8 Å². The van der Waals surface area contributed by atoms with Crippen molar-refractivity contribution in [2.45, 2.75) is 39.2 Å². The minimum Gasteiger partial charge on any atom is -0.462 e. The van der Waals surface area contributed by atoms with Crippen LogP contribution < -0.4 is 5.32 Å². The first-order valence-electron chi connectivity index (χ1n) is 5.73. The van der Waals surface area contributed by atoms with Gasteiger partial charge in [0.05, 0.1) is 0 Å². The van der Waals surface area contributed by atoms with Crippen LogP contribution in [-0.2, 0) is 14.3 Å².